The largest absolute Gasteiger partial charge is 0.352 e. The molecule has 1 aliphatic heterocycles. The van der Waals surface area contributed by atoms with Crippen LogP contribution in [0.1, 0.15) is 15.9 Å². The fourth-order valence-corrected chi connectivity index (χ4v) is 5.09. The van der Waals surface area contributed by atoms with Gasteiger partial charge in [-0.15, -0.1) is 0 Å². The molecule has 1 amide bonds. The highest BCUT2D eigenvalue weighted by molar-refractivity contribution is 6.30. The van der Waals surface area contributed by atoms with E-state index in [1.54, 1.807) is 36.7 Å². The van der Waals surface area contributed by atoms with Gasteiger partial charge in [0.15, 0.2) is 17.5 Å². The highest BCUT2D eigenvalue weighted by Crippen LogP contribution is 2.31. The molecule has 0 radical (unpaired) electrons. The minimum atomic E-state index is -0.820. The molecular formula is C29H25ClF2N6O. The second-order valence-electron chi connectivity index (χ2n) is 9.59. The number of nitrogens with one attached hydrogen (secondary N) is 2. The van der Waals surface area contributed by atoms with E-state index in [0.29, 0.717) is 22.7 Å². The SMILES string of the molecule is O=C(Nc1ccc2[nH]c3c(N4CCN(CCc5ccc(F)c(F)c5)CC4)ncnc3c2c1)c1ccc(Cl)cc1. The Bertz CT molecular complexity index is 1660. The number of aromatic amines is 1. The van der Waals surface area contributed by atoms with E-state index in [4.69, 9.17) is 11.6 Å². The molecule has 1 aliphatic rings. The zero-order valence-corrected chi connectivity index (χ0v) is 21.7. The number of fused-ring (bicyclic) bond motifs is 3. The summed E-state index contributed by atoms with van der Waals surface area (Å²) in [5.74, 6) is -1.01. The van der Waals surface area contributed by atoms with Crippen LogP contribution in [0.5, 0.6) is 0 Å². The van der Waals surface area contributed by atoms with Crippen LogP contribution in [0.3, 0.4) is 0 Å². The summed E-state index contributed by atoms with van der Waals surface area (Å²) in [6.07, 6.45) is 2.23. The maximum Gasteiger partial charge on any atom is 0.255 e. The third-order valence-electron chi connectivity index (χ3n) is 7.10. The van der Waals surface area contributed by atoms with Gasteiger partial charge in [-0.25, -0.2) is 18.7 Å². The molecule has 10 heteroatoms. The molecule has 3 heterocycles. The van der Waals surface area contributed by atoms with Gasteiger partial charge in [0.25, 0.3) is 5.91 Å². The Morgan fingerprint density at radius 1 is 0.949 bits per heavy atom. The number of amides is 1. The number of benzene rings is 3. The number of piperazine rings is 1. The molecule has 0 aliphatic carbocycles. The Morgan fingerprint density at radius 2 is 1.74 bits per heavy atom. The molecule has 6 rings (SSSR count). The molecule has 0 atom stereocenters. The van der Waals surface area contributed by atoms with E-state index >= 15 is 0 Å². The van der Waals surface area contributed by atoms with E-state index in [1.807, 2.05) is 18.2 Å². The third kappa shape index (κ3) is 5.28. The molecule has 1 fully saturated rings. The van der Waals surface area contributed by atoms with Gasteiger partial charge < -0.3 is 15.2 Å². The molecule has 39 heavy (non-hydrogen) atoms. The van der Waals surface area contributed by atoms with E-state index < -0.39 is 11.6 Å². The molecule has 0 unspecified atom stereocenters. The summed E-state index contributed by atoms with van der Waals surface area (Å²) in [5.41, 5.74) is 4.52. The van der Waals surface area contributed by atoms with Gasteiger partial charge in [0.1, 0.15) is 17.4 Å². The fourth-order valence-electron chi connectivity index (χ4n) is 4.97. The van der Waals surface area contributed by atoms with E-state index in [9.17, 15) is 13.6 Å². The quantitative estimate of drug-likeness (QED) is 0.287. The lowest BCUT2D eigenvalue weighted by Gasteiger charge is -2.35. The Morgan fingerprint density at radius 3 is 2.51 bits per heavy atom. The summed E-state index contributed by atoms with van der Waals surface area (Å²) in [7, 11) is 0. The maximum atomic E-state index is 13.5. The first-order chi connectivity index (χ1) is 18.9. The molecule has 5 aromatic rings. The van der Waals surface area contributed by atoms with Crippen molar-refractivity contribution in [3.8, 4) is 0 Å². The number of anilines is 2. The number of rotatable bonds is 6. The van der Waals surface area contributed by atoms with Crippen molar-refractivity contribution < 1.29 is 13.6 Å². The first-order valence-electron chi connectivity index (χ1n) is 12.7. The molecule has 2 N–H and O–H groups in total. The lowest BCUT2D eigenvalue weighted by atomic mass is 10.1. The fraction of sp³-hybridized carbons (Fsp3) is 0.207. The molecule has 0 bridgehead atoms. The molecule has 1 saturated heterocycles. The van der Waals surface area contributed by atoms with Gasteiger partial charge in [-0.1, -0.05) is 17.7 Å². The van der Waals surface area contributed by atoms with Crippen molar-refractivity contribution in [1.82, 2.24) is 19.9 Å². The van der Waals surface area contributed by atoms with Gasteiger partial charge in [-0.2, -0.15) is 0 Å². The first-order valence-corrected chi connectivity index (χ1v) is 13.1. The van der Waals surface area contributed by atoms with Gasteiger partial charge in [0.2, 0.25) is 0 Å². The number of hydrogen-bond donors (Lipinski definition) is 2. The summed E-state index contributed by atoms with van der Waals surface area (Å²) < 4.78 is 26.7. The van der Waals surface area contributed by atoms with E-state index in [-0.39, 0.29) is 5.91 Å². The number of nitrogens with zero attached hydrogens (tertiary/aromatic N) is 4. The van der Waals surface area contributed by atoms with Crippen LogP contribution in [0.15, 0.2) is 67.0 Å². The monoisotopic (exact) mass is 546 g/mol. The average molecular weight is 547 g/mol. The highest BCUT2D eigenvalue weighted by Gasteiger charge is 2.22. The second-order valence-corrected chi connectivity index (χ2v) is 10.0. The van der Waals surface area contributed by atoms with Crippen LogP contribution in [0.4, 0.5) is 20.3 Å². The summed E-state index contributed by atoms with van der Waals surface area (Å²) in [6.45, 7) is 3.99. The van der Waals surface area contributed by atoms with Crippen molar-refractivity contribution in [3.05, 3.63) is 94.8 Å². The Labute approximate surface area is 228 Å². The first kappa shape index (κ1) is 25.2. The maximum absolute atomic E-state index is 13.5. The molecular weight excluding hydrogens is 522 g/mol. The summed E-state index contributed by atoms with van der Waals surface area (Å²) >= 11 is 5.93. The zero-order chi connectivity index (χ0) is 26.9. The van der Waals surface area contributed by atoms with Gasteiger partial charge >= 0.3 is 0 Å². The van der Waals surface area contributed by atoms with E-state index in [2.05, 4.69) is 30.1 Å². The van der Waals surface area contributed by atoms with Crippen molar-refractivity contribution in [1.29, 1.82) is 0 Å². The van der Waals surface area contributed by atoms with Crippen LogP contribution in [-0.2, 0) is 6.42 Å². The molecule has 0 saturated carbocycles. The van der Waals surface area contributed by atoms with Crippen LogP contribution in [0.2, 0.25) is 5.02 Å². The number of carbonyl (C=O) groups is 1. The standard InChI is InChI=1S/C29H25ClF2N6O/c30-20-4-2-19(3-5-20)29(39)35-21-6-8-25-22(16-21)26-27(36-25)28(34-17-33-26)38-13-11-37(12-14-38)10-9-18-1-7-23(31)24(32)15-18/h1-8,15-17,36H,9-14H2,(H,35,39). The molecule has 3 aromatic carbocycles. The van der Waals surface area contributed by atoms with Crippen molar-refractivity contribution >= 4 is 50.9 Å². The van der Waals surface area contributed by atoms with Crippen LogP contribution >= 0.6 is 11.6 Å². The normalized spacial score (nSPS) is 14.3. The van der Waals surface area contributed by atoms with Crippen molar-refractivity contribution in [3.63, 3.8) is 0 Å². The van der Waals surface area contributed by atoms with Gasteiger partial charge in [-0.05, 0) is 66.6 Å². The zero-order valence-electron chi connectivity index (χ0n) is 20.9. The predicted octanol–water partition coefficient (Wildman–Crippen LogP) is 5.66. The lowest BCUT2D eigenvalue weighted by molar-refractivity contribution is 0.102. The van der Waals surface area contributed by atoms with Gasteiger partial charge in [0, 0.05) is 59.9 Å². The predicted molar refractivity (Wildman–Crippen MR) is 150 cm³/mol. The van der Waals surface area contributed by atoms with E-state index in [1.165, 1.54) is 12.1 Å². The van der Waals surface area contributed by atoms with Crippen molar-refractivity contribution in [2.45, 2.75) is 6.42 Å². The van der Waals surface area contributed by atoms with Crippen LogP contribution in [0.25, 0.3) is 21.9 Å². The minimum absolute atomic E-state index is 0.219. The average Bonchev–Trinajstić information content (AvgIpc) is 3.32. The number of halogens is 3. The van der Waals surface area contributed by atoms with E-state index in [0.717, 1.165) is 66.0 Å². The van der Waals surface area contributed by atoms with Crippen molar-refractivity contribution in [2.75, 3.05) is 42.9 Å². The van der Waals surface area contributed by atoms with Crippen LogP contribution in [0, 0.1) is 11.6 Å². The summed E-state index contributed by atoms with van der Waals surface area (Å²) in [5, 5.41) is 4.41. The third-order valence-corrected chi connectivity index (χ3v) is 7.35. The molecule has 0 spiro atoms. The smallest absolute Gasteiger partial charge is 0.255 e. The molecule has 198 valence electrons. The number of carbonyl (C=O) groups excluding carboxylic acids is 1. The second kappa shape index (κ2) is 10.6. The highest BCUT2D eigenvalue weighted by atomic mass is 35.5. The number of hydrogen-bond acceptors (Lipinski definition) is 5. The number of aromatic nitrogens is 3. The summed E-state index contributed by atoms with van der Waals surface area (Å²) in [4.78, 5) is 29.8. The van der Waals surface area contributed by atoms with Crippen molar-refractivity contribution in [2.24, 2.45) is 0 Å². The molecule has 7 nitrogen and oxygen atoms in total. The Hall–Kier alpha value is -4.08. The van der Waals surface area contributed by atoms with Gasteiger partial charge in [0.05, 0.1) is 0 Å². The Balaban J connectivity index is 1.16. The van der Waals surface area contributed by atoms with Crippen LogP contribution < -0.4 is 10.2 Å². The summed E-state index contributed by atoms with van der Waals surface area (Å²) in [6, 6.07) is 16.5. The topological polar surface area (TPSA) is 77.2 Å². The lowest BCUT2D eigenvalue weighted by Crippen LogP contribution is -2.47. The van der Waals surface area contributed by atoms with Crippen LogP contribution in [-0.4, -0.2) is 58.5 Å². The Kier molecular flexibility index (Phi) is 6.85. The van der Waals surface area contributed by atoms with Gasteiger partial charge in [-0.3, -0.25) is 9.69 Å². The number of H-pyrrole nitrogens is 1. The molecule has 2 aromatic heterocycles. The minimum Gasteiger partial charge on any atom is -0.352 e.